The van der Waals surface area contributed by atoms with Crippen LogP contribution < -0.4 is 15.5 Å². The number of rotatable bonds is 2. The van der Waals surface area contributed by atoms with Gasteiger partial charge in [0, 0.05) is 43.7 Å². The largest absolute Gasteiger partial charge is 0.364 e. The maximum atomic E-state index is 14.5. The van der Waals surface area contributed by atoms with E-state index in [0.29, 0.717) is 19.6 Å². The number of halogens is 2. The molecule has 2 N–H and O–H groups in total. The highest BCUT2D eigenvalue weighted by Crippen LogP contribution is 2.32. The summed E-state index contributed by atoms with van der Waals surface area (Å²) >= 11 is 0. The molecule has 124 valence electrons. The molecule has 5 nitrogen and oxygen atoms in total. The van der Waals surface area contributed by atoms with Gasteiger partial charge in [0.25, 0.3) is 0 Å². The van der Waals surface area contributed by atoms with Crippen LogP contribution in [-0.4, -0.2) is 37.5 Å². The molecule has 3 rings (SSSR count). The lowest BCUT2D eigenvalue weighted by Crippen LogP contribution is -2.50. The van der Waals surface area contributed by atoms with Gasteiger partial charge in [-0.05, 0) is 19.4 Å². The number of imide groups is 1. The summed E-state index contributed by atoms with van der Waals surface area (Å²) in [5.41, 5.74) is 0.228. The molecule has 1 aromatic rings. The lowest BCUT2D eigenvalue weighted by molar-refractivity contribution is -0.134. The molecule has 1 aromatic carbocycles. The molecule has 0 aromatic heterocycles. The Morgan fingerprint density at radius 2 is 2.00 bits per heavy atom. The smallest absolute Gasteiger partial charge is 0.234 e. The summed E-state index contributed by atoms with van der Waals surface area (Å²) in [4.78, 5) is 24.9. The lowest BCUT2D eigenvalue weighted by Gasteiger charge is -2.36. The fourth-order valence-corrected chi connectivity index (χ4v) is 3.23. The van der Waals surface area contributed by atoms with Gasteiger partial charge >= 0.3 is 0 Å². The summed E-state index contributed by atoms with van der Waals surface area (Å²) in [5.74, 6) is -2.92. The van der Waals surface area contributed by atoms with Gasteiger partial charge in [0.05, 0.1) is 11.6 Å². The van der Waals surface area contributed by atoms with Gasteiger partial charge in [-0.25, -0.2) is 8.78 Å². The Labute approximate surface area is 133 Å². The van der Waals surface area contributed by atoms with Crippen LogP contribution in [-0.2, 0) is 9.59 Å². The molecule has 23 heavy (non-hydrogen) atoms. The molecule has 0 radical (unpaired) electrons. The Morgan fingerprint density at radius 1 is 1.22 bits per heavy atom. The van der Waals surface area contributed by atoms with E-state index < -0.39 is 23.5 Å². The third-order valence-electron chi connectivity index (χ3n) is 4.49. The van der Waals surface area contributed by atoms with Gasteiger partial charge in [-0.1, -0.05) is 0 Å². The normalized spacial score (nSPS) is 25.4. The van der Waals surface area contributed by atoms with Gasteiger partial charge < -0.3 is 10.2 Å². The summed E-state index contributed by atoms with van der Waals surface area (Å²) in [6, 6.07) is 2.31. The number of hydrogen-bond acceptors (Lipinski definition) is 4. The Morgan fingerprint density at radius 3 is 2.70 bits per heavy atom. The first-order chi connectivity index (χ1) is 11.0. The highest BCUT2D eigenvalue weighted by atomic mass is 19.1. The number of hydrogen-bond donors (Lipinski definition) is 2. The second kappa shape index (κ2) is 6.23. The van der Waals surface area contributed by atoms with Crippen molar-refractivity contribution in [2.75, 3.05) is 24.5 Å². The van der Waals surface area contributed by atoms with Crippen molar-refractivity contribution in [2.24, 2.45) is 0 Å². The van der Waals surface area contributed by atoms with Crippen molar-refractivity contribution < 1.29 is 18.4 Å². The van der Waals surface area contributed by atoms with E-state index in [1.807, 2.05) is 11.8 Å². The zero-order valence-electron chi connectivity index (χ0n) is 12.9. The van der Waals surface area contributed by atoms with Crippen molar-refractivity contribution in [3.8, 4) is 0 Å². The zero-order valence-corrected chi connectivity index (χ0v) is 12.9. The number of piperazine rings is 1. The van der Waals surface area contributed by atoms with Gasteiger partial charge in [0.1, 0.15) is 11.6 Å². The van der Waals surface area contributed by atoms with E-state index in [1.54, 1.807) is 0 Å². The molecule has 0 aliphatic carbocycles. The van der Waals surface area contributed by atoms with Gasteiger partial charge in [-0.15, -0.1) is 0 Å². The van der Waals surface area contributed by atoms with E-state index in [4.69, 9.17) is 0 Å². The average Bonchev–Trinajstić information content (AvgIpc) is 2.50. The van der Waals surface area contributed by atoms with E-state index in [1.165, 1.54) is 0 Å². The number of nitrogens with zero attached hydrogens (tertiary/aromatic N) is 1. The van der Waals surface area contributed by atoms with Crippen LogP contribution in [0.15, 0.2) is 12.1 Å². The lowest BCUT2D eigenvalue weighted by atomic mass is 9.89. The first-order valence-corrected chi connectivity index (χ1v) is 7.77. The van der Waals surface area contributed by atoms with Crippen LogP contribution >= 0.6 is 0 Å². The summed E-state index contributed by atoms with van der Waals surface area (Å²) in [6.07, 6.45) is 0.332. The van der Waals surface area contributed by atoms with Crippen LogP contribution in [0, 0.1) is 11.6 Å². The van der Waals surface area contributed by atoms with Crippen LogP contribution in [0.4, 0.5) is 14.5 Å². The number of carbonyl (C=O) groups is 2. The number of benzene rings is 1. The minimum absolute atomic E-state index is 0.0130. The fraction of sp³-hybridized carbons (Fsp3) is 0.500. The summed E-state index contributed by atoms with van der Waals surface area (Å²) in [6.45, 7) is 3.95. The maximum absolute atomic E-state index is 14.5. The summed E-state index contributed by atoms with van der Waals surface area (Å²) < 4.78 is 29.0. The summed E-state index contributed by atoms with van der Waals surface area (Å²) in [7, 11) is 0. The fourth-order valence-electron chi connectivity index (χ4n) is 3.23. The average molecular weight is 323 g/mol. The monoisotopic (exact) mass is 323 g/mol. The molecular weight excluding hydrogens is 304 g/mol. The molecule has 1 unspecified atom stereocenters. The van der Waals surface area contributed by atoms with E-state index >= 15 is 0 Å². The standard InChI is InChI=1S/C16H19F2N3O2/c1-9-8-19-4-5-21(9)14-7-12(17)11(6-13(14)18)10-2-3-15(22)20-16(10)23/h6-7,9-10,19H,2-5,8H2,1H3,(H,20,22,23)/t9-,10?/m0/s1. The molecule has 2 saturated heterocycles. The predicted molar refractivity (Wildman–Crippen MR) is 81.2 cm³/mol. The zero-order chi connectivity index (χ0) is 16.6. The third kappa shape index (κ3) is 3.06. The number of carbonyl (C=O) groups excluding carboxylic acids is 2. The first kappa shape index (κ1) is 15.9. The first-order valence-electron chi connectivity index (χ1n) is 7.77. The van der Waals surface area contributed by atoms with Gasteiger partial charge in [0.15, 0.2) is 0 Å². The number of nitrogens with one attached hydrogen (secondary N) is 2. The Hall–Kier alpha value is -2.02. The van der Waals surface area contributed by atoms with Crippen molar-refractivity contribution in [3.05, 3.63) is 29.3 Å². The molecule has 0 bridgehead atoms. The van der Waals surface area contributed by atoms with Crippen molar-refractivity contribution >= 4 is 17.5 Å². The van der Waals surface area contributed by atoms with E-state index in [2.05, 4.69) is 10.6 Å². The minimum Gasteiger partial charge on any atom is -0.364 e. The molecule has 2 amide bonds. The molecular formula is C16H19F2N3O2. The molecule has 0 saturated carbocycles. The quantitative estimate of drug-likeness (QED) is 0.805. The van der Waals surface area contributed by atoms with Crippen LogP contribution in [0.3, 0.4) is 0 Å². The van der Waals surface area contributed by atoms with E-state index in [9.17, 15) is 18.4 Å². The molecule has 7 heteroatoms. The van der Waals surface area contributed by atoms with E-state index in [0.717, 1.165) is 12.1 Å². The van der Waals surface area contributed by atoms with Gasteiger partial charge in [-0.2, -0.15) is 0 Å². The van der Waals surface area contributed by atoms with E-state index in [-0.39, 0.29) is 36.0 Å². The summed E-state index contributed by atoms with van der Waals surface area (Å²) in [5, 5.41) is 5.37. The molecule has 2 heterocycles. The Balaban J connectivity index is 1.91. The van der Waals surface area contributed by atoms with Gasteiger partial charge in [-0.3, -0.25) is 14.9 Å². The second-order valence-electron chi connectivity index (χ2n) is 6.08. The van der Waals surface area contributed by atoms with Crippen molar-refractivity contribution in [2.45, 2.75) is 31.7 Å². The van der Waals surface area contributed by atoms with Crippen molar-refractivity contribution in [1.29, 1.82) is 0 Å². The second-order valence-corrected chi connectivity index (χ2v) is 6.08. The Bertz CT molecular complexity index is 650. The highest BCUT2D eigenvalue weighted by Gasteiger charge is 2.31. The van der Waals surface area contributed by atoms with Crippen molar-refractivity contribution in [3.63, 3.8) is 0 Å². The third-order valence-corrected chi connectivity index (χ3v) is 4.49. The van der Waals surface area contributed by atoms with Gasteiger partial charge in [0.2, 0.25) is 11.8 Å². The Kier molecular flexibility index (Phi) is 4.30. The SMILES string of the molecule is C[C@H]1CNCCN1c1cc(F)c(C2CCC(=O)NC2=O)cc1F. The molecule has 2 atom stereocenters. The number of piperidine rings is 1. The van der Waals surface area contributed by atoms with Crippen LogP contribution in [0.2, 0.25) is 0 Å². The molecule has 2 aliphatic heterocycles. The number of amides is 2. The number of anilines is 1. The van der Waals surface area contributed by atoms with Crippen LogP contribution in [0.1, 0.15) is 31.2 Å². The highest BCUT2D eigenvalue weighted by molar-refractivity contribution is 6.01. The van der Waals surface area contributed by atoms with Crippen molar-refractivity contribution in [1.82, 2.24) is 10.6 Å². The van der Waals surface area contributed by atoms with Crippen LogP contribution in [0.25, 0.3) is 0 Å². The molecule has 2 aliphatic rings. The topological polar surface area (TPSA) is 61.4 Å². The minimum atomic E-state index is -0.823. The van der Waals surface area contributed by atoms with Crippen LogP contribution in [0.5, 0.6) is 0 Å². The predicted octanol–water partition coefficient (Wildman–Crippen LogP) is 1.28. The maximum Gasteiger partial charge on any atom is 0.234 e. The molecule has 2 fully saturated rings. The molecule has 0 spiro atoms.